The van der Waals surface area contributed by atoms with Gasteiger partial charge in [-0.1, -0.05) is 17.3 Å². The van der Waals surface area contributed by atoms with Gasteiger partial charge in [0.2, 0.25) is 5.89 Å². The van der Waals surface area contributed by atoms with Crippen molar-refractivity contribution in [2.45, 2.75) is 41.9 Å². The Morgan fingerprint density at radius 2 is 2.15 bits per heavy atom. The average molecular weight is 293 g/mol. The van der Waals surface area contributed by atoms with Gasteiger partial charge in [0.05, 0.1) is 5.75 Å². The van der Waals surface area contributed by atoms with Crippen molar-refractivity contribution in [3.05, 3.63) is 41.8 Å². The van der Waals surface area contributed by atoms with Crippen LogP contribution in [0, 0.1) is 5.82 Å². The third-order valence-electron chi connectivity index (χ3n) is 3.56. The van der Waals surface area contributed by atoms with Gasteiger partial charge in [-0.2, -0.15) is 4.98 Å². The Morgan fingerprint density at radius 1 is 1.35 bits per heavy atom. The van der Waals surface area contributed by atoms with Crippen LogP contribution in [0.2, 0.25) is 0 Å². The van der Waals surface area contributed by atoms with Crippen LogP contribution in [0.15, 0.2) is 33.7 Å². The zero-order valence-corrected chi connectivity index (χ0v) is 11.8. The van der Waals surface area contributed by atoms with E-state index in [1.54, 1.807) is 12.1 Å². The average Bonchev–Trinajstić information content (AvgIpc) is 2.83. The summed E-state index contributed by atoms with van der Waals surface area (Å²) in [5.41, 5.74) is 5.98. The maximum atomic E-state index is 13.5. The Balaban J connectivity index is 1.59. The lowest BCUT2D eigenvalue weighted by molar-refractivity contribution is 0.221. The first kappa shape index (κ1) is 13.6. The minimum absolute atomic E-state index is 0.164. The second-order valence-corrected chi connectivity index (χ2v) is 6.23. The molecule has 1 saturated carbocycles. The summed E-state index contributed by atoms with van der Waals surface area (Å²) in [6, 6.07) is 6.66. The third-order valence-corrected chi connectivity index (χ3v) is 4.60. The third kappa shape index (κ3) is 3.02. The maximum absolute atomic E-state index is 13.5. The van der Waals surface area contributed by atoms with Crippen LogP contribution in [-0.2, 0) is 12.2 Å². The van der Waals surface area contributed by atoms with Crippen LogP contribution in [0.25, 0.3) is 0 Å². The van der Waals surface area contributed by atoms with Crippen LogP contribution in [-0.4, -0.2) is 15.7 Å². The molecular weight excluding hydrogens is 277 g/mol. The van der Waals surface area contributed by atoms with E-state index in [0.717, 1.165) is 12.8 Å². The predicted octanol–water partition coefficient (Wildman–Crippen LogP) is 2.92. The number of thioether (sulfide) groups is 1. The van der Waals surface area contributed by atoms with Gasteiger partial charge in [-0.05, 0) is 31.4 Å². The van der Waals surface area contributed by atoms with E-state index >= 15 is 0 Å². The molecule has 0 unspecified atom stereocenters. The Bertz CT molecular complexity index is 598. The fourth-order valence-corrected chi connectivity index (χ4v) is 3.02. The molecule has 2 aromatic rings. The Hall–Kier alpha value is -1.40. The smallest absolute Gasteiger partial charge is 0.228 e. The fourth-order valence-electron chi connectivity index (χ4n) is 2.23. The van der Waals surface area contributed by atoms with Gasteiger partial charge in [0, 0.05) is 16.9 Å². The molecule has 0 radical (unpaired) electrons. The number of aromatic nitrogens is 2. The Labute approximate surface area is 120 Å². The lowest BCUT2D eigenvalue weighted by atomic mass is 9.75. The lowest BCUT2D eigenvalue weighted by Gasteiger charge is -2.36. The van der Waals surface area contributed by atoms with E-state index in [2.05, 4.69) is 10.1 Å². The van der Waals surface area contributed by atoms with Crippen LogP contribution in [0.3, 0.4) is 0 Å². The molecule has 1 fully saturated rings. The molecule has 1 aliphatic carbocycles. The number of halogens is 1. The van der Waals surface area contributed by atoms with Gasteiger partial charge in [-0.15, -0.1) is 11.8 Å². The van der Waals surface area contributed by atoms with Crippen LogP contribution < -0.4 is 5.73 Å². The largest absolute Gasteiger partial charge is 0.339 e. The predicted molar refractivity (Wildman–Crippen MR) is 74.7 cm³/mol. The summed E-state index contributed by atoms with van der Waals surface area (Å²) >= 11 is 1.36. The molecule has 1 aromatic heterocycles. The Morgan fingerprint density at radius 3 is 2.85 bits per heavy atom. The van der Waals surface area contributed by atoms with Gasteiger partial charge in [-0.3, -0.25) is 0 Å². The van der Waals surface area contributed by atoms with Gasteiger partial charge in [0.1, 0.15) is 5.82 Å². The number of rotatable bonds is 5. The topological polar surface area (TPSA) is 64.9 Å². The summed E-state index contributed by atoms with van der Waals surface area (Å²) in [5, 5.41) is 3.92. The molecule has 2 N–H and O–H groups in total. The molecular formula is C14H16FN3OS. The van der Waals surface area contributed by atoms with Gasteiger partial charge < -0.3 is 10.3 Å². The fraction of sp³-hybridized carbons (Fsp3) is 0.429. The van der Waals surface area contributed by atoms with Crippen molar-refractivity contribution in [1.29, 1.82) is 0 Å². The summed E-state index contributed by atoms with van der Waals surface area (Å²) in [4.78, 5) is 4.91. The second kappa shape index (κ2) is 5.54. The highest BCUT2D eigenvalue weighted by Crippen LogP contribution is 2.32. The highest BCUT2D eigenvalue weighted by molar-refractivity contribution is 7.98. The van der Waals surface area contributed by atoms with Crippen LogP contribution in [0.5, 0.6) is 0 Å². The van der Waals surface area contributed by atoms with E-state index in [9.17, 15) is 4.39 Å². The molecule has 3 rings (SSSR count). The van der Waals surface area contributed by atoms with Crippen molar-refractivity contribution in [2.24, 2.45) is 5.73 Å². The van der Waals surface area contributed by atoms with Crippen molar-refractivity contribution in [3.63, 3.8) is 0 Å². The normalized spacial score (nSPS) is 16.9. The standard InChI is InChI=1S/C14H16FN3OS/c15-10-4-1-2-5-11(10)20-9-12-17-13(19-18-12)8-14(16)6-3-7-14/h1-2,4-5H,3,6-9,16H2. The highest BCUT2D eigenvalue weighted by Gasteiger charge is 2.34. The Kier molecular flexibility index (Phi) is 3.76. The summed E-state index contributed by atoms with van der Waals surface area (Å²) < 4.78 is 18.7. The van der Waals surface area contributed by atoms with E-state index in [4.69, 9.17) is 10.3 Å². The molecule has 20 heavy (non-hydrogen) atoms. The highest BCUT2D eigenvalue weighted by atomic mass is 32.2. The van der Waals surface area contributed by atoms with Crippen molar-refractivity contribution in [2.75, 3.05) is 0 Å². The molecule has 1 aliphatic rings. The molecule has 0 spiro atoms. The van der Waals surface area contributed by atoms with Crippen LogP contribution >= 0.6 is 11.8 Å². The SMILES string of the molecule is NC1(Cc2nc(CSc3ccccc3F)no2)CCC1. The van der Waals surface area contributed by atoms with Gasteiger partial charge in [0.25, 0.3) is 0 Å². The van der Waals surface area contributed by atoms with Crippen LogP contribution in [0.4, 0.5) is 4.39 Å². The number of benzene rings is 1. The van der Waals surface area contributed by atoms with Gasteiger partial charge >= 0.3 is 0 Å². The number of hydrogen-bond acceptors (Lipinski definition) is 5. The molecule has 0 bridgehead atoms. The van der Waals surface area contributed by atoms with E-state index < -0.39 is 0 Å². The van der Waals surface area contributed by atoms with Crippen molar-refractivity contribution < 1.29 is 8.91 Å². The summed E-state index contributed by atoms with van der Waals surface area (Å²) in [6.07, 6.45) is 3.81. The summed E-state index contributed by atoms with van der Waals surface area (Å²) in [7, 11) is 0. The molecule has 0 atom stereocenters. The minimum atomic E-state index is -0.225. The summed E-state index contributed by atoms with van der Waals surface area (Å²) in [6.45, 7) is 0. The molecule has 0 aliphatic heterocycles. The quantitative estimate of drug-likeness (QED) is 0.859. The molecule has 4 nitrogen and oxygen atoms in total. The first-order valence-electron chi connectivity index (χ1n) is 6.62. The maximum Gasteiger partial charge on any atom is 0.228 e. The molecule has 106 valence electrons. The minimum Gasteiger partial charge on any atom is -0.339 e. The summed E-state index contributed by atoms with van der Waals surface area (Å²) in [5.74, 6) is 1.42. The lowest BCUT2D eigenvalue weighted by Crippen LogP contribution is -2.48. The van der Waals surface area contributed by atoms with Crippen molar-refractivity contribution >= 4 is 11.8 Å². The number of hydrogen-bond donors (Lipinski definition) is 1. The van der Waals surface area contributed by atoms with Crippen molar-refractivity contribution in [1.82, 2.24) is 10.1 Å². The number of nitrogens with zero attached hydrogens (tertiary/aromatic N) is 2. The van der Waals surface area contributed by atoms with E-state index in [1.807, 2.05) is 6.07 Å². The van der Waals surface area contributed by atoms with Gasteiger partial charge in [0.15, 0.2) is 5.82 Å². The van der Waals surface area contributed by atoms with Crippen molar-refractivity contribution in [3.8, 4) is 0 Å². The van der Waals surface area contributed by atoms with Crippen LogP contribution in [0.1, 0.15) is 31.0 Å². The monoisotopic (exact) mass is 293 g/mol. The second-order valence-electron chi connectivity index (χ2n) is 5.22. The van der Waals surface area contributed by atoms with E-state index in [0.29, 0.717) is 28.8 Å². The first-order valence-corrected chi connectivity index (χ1v) is 7.61. The molecule has 0 amide bonds. The number of nitrogens with two attached hydrogens (primary N) is 1. The molecule has 1 heterocycles. The van der Waals surface area contributed by atoms with E-state index in [1.165, 1.54) is 24.2 Å². The molecule has 0 saturated heterocycles. The van der Waals surface area contributed by atoms with E-state index in [-0.39, 0.29) is 11.4 Å². The zero-order chi connectivity index (χ0) is 14.0. The zero-order valence-electron chi connectivity index (χ0n) is 11.0. The first-order chi connectivity index (χ1) is 9.65. The van der Waals surface area contributed by atoms with Gasteiger partial charge in [-0.25, -0.2) is 4.39 Å². The molecule has 1 aromatic carbocycles. The molecule has 6 heteroatoms.